The van der Waals surface area contributed by atoms with Gasteiger partial charge < -0.3 is 14.7 Å². The smallest absolute Gasteiger partial charge is 0.257 e. The van der Waals surface area contributed by atoms with Gasteiger partial charge in [-0.2, -0.15) is 0 Å². The van der Waals surface area contributed by atoms with E-state index in [0.29, 0.717) is 12.8 Å². The number of carbonyl (C=O) groups is 1. The predicted octanol–water partition coefficient (Wildman–Crippen LogP) is 1.97. The van der Waals surface area contributed by atoms with Crippen LogP contribution < -0.4 is 0 Å². The Kier molecular flexibility index (Phi) is 4.90. The molecular formula is C15H19F2NO3. The van der Waals surface area contributed by atoms with E-state index >= 15 is 0 Å². The zero-order valence-electron chi connectivity index (χ0n) is 12.1. The first kappa shape index (κ1) is 15.9. The first-order valence-electron chi connectivity index (χ1n) is 6.88. The second kappa shape index (κ2) is 6.49. The number of amides is 1. The molecule has 0 saturated heterocycles. The molecule has 1 aliphatic rings. The number of methoxy groups -OCH3 is 1. The highest BCUT2D eigenvalue weighted by molar-refractivity contribution is 5.94. The third kappa shape index (κ3) is 3.22. The van der Waals surface area contributed by atoms with E-state index in [4.69, 9.17) is 4.74 Å². The number of rotatable bonds is 3. The van der Waals surface area contributed by atoms with Crippen LogP contribution >= 0.6 is 0 Å². The molecular weight excluding hydrogens is 280 g/mol. The Balaban J connectivity index is 2.20. The summed E-state index contributed by atoms with van der Waals surface area (Å²) in [5.41, 5.74) is -0.329. The summed E-state index contributed by atoms with van der Waals surface area (Å²) in [4.78, 5) is 13.6. The standard InChI is InChI=1S/C15H19F2NO3/c1-18(12-4-3-5-13(21-2)14(12)19)15(20)10-8-9(16)6-7-11(10)17/h6-8,12-14,19H,3-5H2,1-2H3/t12-,13-,14-/m1/s1. The van der Waals surface area contributed by atoms with Crippen LogP contribution in [0.5, 0.6) is 0 Å². The minimum Gasteiger partial charge on any atom is -0.388 e. The van der Waals surface area contributed by atoms with E-state index in [1.54, 1.807) is 0 Å². The summed E-state index contributed by atoms with van der Waals surface area (Å²) in [6, 6.07) is 2.28. The lowest BCUT2D eigenvalue weighted by atomic mass is 9.88. The second-order valence-corrected chi connectivity index (χ2v) is 5.30. The van der Waals surface area contributed by atoms with Crippen molar-refractivity contribution in [2.75, 3.05) is 14.2 Å². The zero-order chi connectivity index (χ0) is 15.6. The maximum Gasteiger partial charge on any atom is 0.257 e. The fourth-order valence-corrected chi connectivity index (χ4v) is 2.80. The van der Waals surface area contributed by atoms with Gasteiger partial charge in [-0.1, -0.05) is 0 Å². The van der Waals surface area contributed by atoms with E-state index in [9.17, 15) is 18.7 Å². The van der Waals surface area contributed by atoms with Crippen molar-refractivity contribution < 1.29 is 23.4 Å². The molecule has 0 spiro atoms. The Bertz CT molecular complexity index is 524. The highest BCUT2D eigenvalue weighted by Crippen LogP contribution is 2.26. The third-order valence-corrected chi connectivity index (χ3v) is 4.04. The van der Waals surface area contributed by atoms with Crippen molar-refractivity contribution in [1.29, 1.82) is 0 Å². The van der Waals surface area contributed by atoms with E-state index in [1.165, 1.54) is 19.1 Å². The van der Waals surface area contributed by atoms with E-state index in [0.717, 1.165) is 24.6 Å². The van der Waals surface area contributed by atoms with Crippen LogP contribution in [0.15, 0.2) is 18.2 Å². The minimum absolute atomic E-state index is 0.329. The lowest BCUT2D eigenvalue weighted by molar-refractivity contribution is -0.0715. The first-order chi connectivity index (χ1) is 9.95. The summed E-state index contributed by atoms with van der Waals surface area (Å²) < 4.78 is 32.1. The number of hydrogen-bond acceptors (Lipinski definition) is 3. The van der Waals surface area contributed by atoms with Gasteiger partial charge in [0.25, 0.3) is 5.91 Å². The molecule has 1 aliphatic carbocycles. The molecule has 1 aromatic rings. The normalized spacial score (nSPS) is 25.7. The maximum absolute atomic E-state index is 13.7. The van der Waals surface area contributed by atoms with Gasteiger partial charge in [0, 0.05) is 14.2 Å². The van der Waals surface area contributed by atoms with Crippen LogP contribution in [0.4, 0.5) is 8.78 Å². The van der Waals surface area contributed by atoms with Crippen LogP contribution in [0.25, 0.3) is 0 Å². The van der Waals surface area contributed by atoms with Crippen LogP contribution in [0.1, 0.15) is 29.6 Å². The largest absolute Gasteiger partial charge is 0.388 e. The third-order valence-electron chi connectivity index (χ3n) is 4.04. The quantitative estimate of drug-likeness (QED) is 0.928. The number of likely N-dealkylation sites (N-methyl/N-ethyl adjacent to an activating group) is 1. The fourth-order valence-electron chi connectivity index (χ4n) is 2.80. The van der Waals surface area contributed by atoms with Crippen LogP contribution in [0, 0.1) is 11.6 Å². The second-order valence-electron chi connectivity index (χ2n) is 5.30. The lowest BCUT2D eigenvalue weighted by Crippen LogP contribution is -2.52. The SMILES string of the molecule is CO[C@@H]1CCC[C@@H](N(C)C(=O)c2cc(F)ccc2F)[C@H]1O. The van der Waals surface area contributed by atoms with Crippen LogP contribution in [-0.2, 0) is 4.74 Å². The summed E-state index contributed by atoms with van der Waals surface area (Å²) in [5, 5.41) is 10.2. The number of carbonyl (C=O) groups excluding carboxylic acids is 1. The monoisotopic (exact) mass is 299 g/mol. The van der Waals surface area contributed by atoms with E-state index < -0.39 is 29.7 Å². The Morgan fingerprint density at radius 3 is 2.76 bits per heavy atom. The van der Waals surface area contributed by atoms with Crippen molar-refractivity contribution in [3.63, 3.8) is 0 Å². The van der Waals surface area contributed by atoms with Gasteiger partial charge in [-0.3, -0.25) is 4.79 Å². The molecule has 21 heavy (non-hydrogen) atoms. The van der Waals surface area contributed by atoms with Crippen molar-refractivity contribution in [1.82, 2.24) is 4.90 Å². The molecule has 4 nitrogen and oxygen atoms in total. The topological polar surface area (TPSA) is 49.8 Å². The Morgan fingerprint density at radius 1 is 1.38 bits per heavy atom. The Labute approximate surface area is 122 Å². The van der Waals surface area contributed by atoms with Crippen molar-refractivity contribution in [2.24, 2.45) is 0 Å². The summed E-state index contributed by atoms with van der Waals surface area (Å²) in [6.45, 7) is 0. The molecule has 0 aliphatic heterocycles. The molecule has 1 N–H and O–H groups in total. The number of aliphatic hydroxyl groups excluding tert-OH is 1. The first-order valence-corrected chi connectivity index (χ1v) is 6.88. The van der Waals surface area contributed by atoms with Gasteiger partial charge in [-0.25, -0.2) is 8.78 Å². The number of ether oxygens (including phenoxy) is 1. The number of nitrogens with zero attached hydrogens (tertiary/aromatic N) is 1. The van der Waals surface area contributed by atoms with Gasteiger partial charge in [0.05, 0.1) is 17.7 Å². The van der Waals surface area contributed by atoms with Gasteiger partial charge in [-0.15, -0.1) is 0 Å². The Hall–Kier alpha value is -1.53. The van der Waals surface area contributed by atoms with Gasteiger partial charge in [0.1, 0.15) is 17.7 Å². The molecule has 1 amide bonds. The summed E-state index contributed by atoms with van der Waals surface area (Å²) in [6.07, 6.45) is 0.916. The van der Waals surface area contributed by atoms with Gasteiger partial charge in [-0.05, 0) is 37.5 Å². The molecule has 6 heteroatoms. The van der Waals surface area contributed by atoms with E-state index in [1.807, 2.05) is 0 Å². The van der Waals surface area contributed by atoms with Crippen molar-refractivity contribution in [3.05, 3.63) is 35.4 Å². The van der Waals surface area contributed by atoms with Gasteiger partial charge in [0.15, 0.2) is 0 Å². The molecule has 3 atom stereocenters. The summed E-state index contributed by atoms with van der Waals surface area (Å²) in [5.74, 6) is -2.10. The lowest BCUT2D eigenvalue weighted by Gasteiger charge is -2.39. The molecule has 0 heterocycles. The molecule has 1 saturated carbocycles. The zero-order valence-corrected chi connectivity index (χ0v) is 12.1. The van der Waals surface area contributed by atoms with Crippen LogP contribution in [0.3, 0.4) is 0 Å². The molecule has 0 aromatic heterocycles. The number of benzene rings is 1. The minimum atomic E-state index is -0.839. The molecule has 1 aromatic carbocycles. The molecule has 116 valence electrons. The molecule has 0 bridgehead atoms. The van der Waals surface area contributed by atoms with Crippen molar-refractivity contribution >= 4 is 5.91 Å². The van der Waals surface area contributed by atoms with Gasteiger partial charge >= 0.3 is 0 Å². The Morgan fingerprint density at radius 2 is 2.10 bits per heavy atom. The highest BCUT2D eigenvalue weighted by atomic mass is 19.1. The predicted molar refractivity (Wildman–Crippen MR) is 72.9 cm³/mol. The highest BCUT2D eigenvalue weighted by Gasteiger charge is 2.36. The van der Waals surface area contributed by atoms with E-state index in [-0.39, 0.29) is 11.7 Å². The van der Waals surface area contributed by atoms with Crippen molar-refractivity contribution in [3.8, 4) is 0 Å². The van der Waals surface area contributed by atoms with Gasteiger partial charge in [0.2, 0.25) is 0 Å². The summed E-state index contributed by atoms with van der Waals surface area (Å²) >= 11 is 0. The number of halogens is 2. The average molecular weight is 299 g/mol. The fraction of sp³-hybridized carbons (Fsp3) is 0.533. The maximum atomic E-state index is 13.7. The molecule has 1 fully saturated rings. The average Bonchev–Trinajstić information content (AvgIpc) is 2.48. The molecule has 0 radical (unpaired) electrons. The summed E-state index contributed by atoms with van der Waals surface area (Å²) in [7, 11) is 2.99. The molecule has 2 rings (SSSR count). The number of aliphatic hydroxyl groups is 1. The van der Waals surface area contributed by atoms with E-state index in [2.05, 4.69) is 0 Å². The number of hydrogen-bond donors (Lipinski definition) is 1. The molecule has 0 unspecified atom stereocenters. The van der Waals surface area contributed by atoms with Crippen LogP contribution in [0.2, 0.25) is 0 Å². The van der Waals surface area contributed by atoms with Crippen molar-refractivity contribution in [2.45, 2.75) is 37.5 Å². The van der Waals surface area contributed by atoms with Crippen LogP contribution in [-0.4, -0.2) is 48.3 Å².